The van der Waals surface area contributed by atoms with Crippen LogP contribution in [0.4, 0.5) is 11.4 Å². The zero-order valence-electron chi connectivity index (χ0n) is 17.9. The van der Waals surface area contributed by atoms with E-state index in [1.807, 2.05) is 61.8 Å². The molecule has 3 aromatic rings. The Hall–Kier alpha value is -3.25. The van der Waals surface area contributed by atoms with Crippen LogP contribution in [0.1, 0.15) is 35.8 Å². The number of likely N-dealkylation sites (N-methyl/N-ethyl adjacent to an activating group) is 1. The van der Waals surface area contributed by atoms with Gasteiger partial charge in [-0.1, -0.05) is 24.3 Å². The maximum atomic E-state index is 12.8. The molecule has 2 aromatic heterocycles. The van der Waals surface area contributed by atoms with Gasteiger partial charge in [0.1, 0.15) is 0 Å². The Kier molecular flexibility index (Phi) is 6.89. The van der Waals surface area contributed by atoms with Crippen LogP contribution in [0.3, 0.4) is 0 Å². The molecule has 6 nitrogen and oxygen atoms in total. The summed E-state index contributed by atoms with van der Waals surface area (Å²) in [6, 6.07) is 18.1. The third-order valence-electron chi connectivity index (χ3n) is 5.71. The van der Waals surface area contributed by atoms with Crippen molar-refractivity contribution >= 4 is 17.3 Å². The van der Waals surface area contributed by atoms with Crippen molar-refractivity contribution < 1.29 is 4.79 Å². The Labute approximate surface area is 183 Å². The van der Waals surface area contributed by atoms with Gasteiger partial charge in [-0.05, 0) is 62.2 Å². The highest BCUT2D eigenvalue weighted by molar-refractivity contribution is 5.95. The van der Waals surface area contributed by atoms with Gasteiger partial charge < -0.3 is 10.6 Å². The number of benzene rings is 1. The molecule has 1 unspecified atom stereocenters. The maximum Gasteiger partial charge on any atom is 0.238 e. The standard InChI is InChI=1S/C25H29N5O/c1-30(23-13-6-8-19-9-7-16-28-25(19)23)18-24(31)29-22-12-3-2-11-21(22)27-17-14-20-10-4-5-15-26-20/h2-5,7,9-12,15-16,23,27H,6,8,13-14,17-18H2,1H3,(H,29,31). The number of carbonyl (C=O) groups is 1. The minimum atomic E-state index is -0.0236. The van der Waals surface area contributed by atoms with Gasteiger partial charge in [-0.2, -0.15) is 0 Å². The summed E-state index contributed by atoms with van der Waals surface area (Å²) in [7, 11) is 2.01. The molecule has 1 amide bonds. The maximum absolute atomic E-state index is 12.8. The molecule has 4 rings (SSSR count). The Morgan fingerprint density at radius 1 is 1.03 bits per heavy atom. The number of aromatic nitrogens is 2. The molecular formula is C25H29N5O. The molecule has 160 valence electrons. The van der Waals surface area contributed by atoms with Crippen molar-refractivity contribution in [3.63, 3.8) is 0 Å². The molecule has 0 spiro atoms. The van der Waals surface area contributed by atoms with Gasteiger partial charge in [-0.25, -0.2) is 0 Å². The molecule has 0 radical (unpaired) electrons. The molecule has 0 saturated heterocycles. The topological polar surface area (TPSA) is 70.2 Å². The van der Waals surface area contributed by atoms with E-state index in [0.717, 1.165) is 55.0 Å². The number of nitrogens with one attached hydrogen (secondary N) is 2. The van der Waals surface area contributed by atoms with E-state index >= 15 is 0 Å². The minimum Gasteiger partial charge on any atom is -0.383 e. The summed E-state index contributed by atoms with van der Waals surface area (Å²) in [5.41, 5.74) is 5.16. The van der Waals surface area contributed by atoms with Crippen LogP contribution in [0, 0.1) is 0 Å². The van der Waals surface area contributed by atoms with Crippen molar-refractivity contribution in [3.8, 4) is 0 Å². The van der Waals surface area contributed by atoms with E-state index in [-0.39, 0.29) is 11.9 Å². The number of pyridine rings is 2. The summed E-state index contributed by atoms with van der Waals surface area (Å²) in [6.45, 7) is 1.07. The molecule has 1 aliphatic rings. The van der Waals surface area contributed by atoms with Gasteiger partial charge in [0.2, 0.25) is 5.91 Å². The van der Waals surface area contributed by atoms with E-state index in [4.69, 9.17) is 0 Å². The Balaban J connectivity index is 1.35. The minimum absolute atomic E-state index is 0.0236. The van der Waals surface area contributed by atoms with Crippen LogP contribution in [0.25, 0.3) is 0 Å². The van der Waals surface area contributed by atoms with Crippen molar-refractivity contribution in [1.29, 1.82) is 0 Å². The molecule has 0 aliphatic heterocycles. The van der Waals surface area contributed by atoms with E-state index in [2.05, 4.69) is 31.6 Å². The Morgan fingerprint density at radius 3 is 2.68 bits per heavy atom. The lowest BCUT2D eigenvalue weighted by Crippen LogP contribution is -2.35. The highest BCUT2D eigenvalue weighted by Gasteiger charge is 2.26. The summed E-state index contributed by atoms with van der Waals surface area (Å²) >= 11 is 0. The zero-order chi connectivity index (χ0) is 21.5. The summed E-state index contributed by atoms with van der Waals surface area (Å²) < 4.78 is 0. The second kappa shape index (κ2) is 10.2. The second-order valence-corrected chi connectivity index (χ2v) is 7.96. The van der Waals surface area contributed by atoms with E-state index < -0.39 is 0 Å². The molecule has 0 saturated carbocycles. The predicted molar refractivity (Wildman–Crippen MR) is 124 cm³/mol. The molecule has 1 atom stereocenters. The van der Waals surface area contributed by atoms with Crippen LogP contribution in [0.2, 0.25) is 0 Å². The number of aryl methyl sites for hydroxylation is 1. The van der Waals surface area contributed by atoms with Crippen molar-refractivity contribution in [2.24, 2.45) is 0 Å². The number of hydrogen-bond donors (Lipinski definition) is 2. The number of anilines is 2. The highest BCUT2D eigenvalue weighted by atomic mass is 16.2. The van der Waals surface area contributed by atoms with Gasteiger partial charge in [0.05, 0.1) is 29.7 Å². The van der Waals surface area contributed by atoms with Crippen molar-refractivity contribution in [3.05, 3.63) is 83.9 Å². The summed E-state index contributed by atoms with van der Waals surface area (Å²) in [5, 5.41) is 6.49. The van der Waals surface area contributed by atoms with Crippen molar-refractivity contribution in [2.45, 2.75) is 31.7 Å². The molecule has 2 heterocycles. The van der Waals surface area contributed by atoms with Crippen molar-refractivity contribution in [2.75, 3.05) is 30.8 Å². The lowest BCUT2D eigenvalue weighted by molar-refractivity contribution is -0.117. The lowest BCUT2D eigenvalue weighted by Gasteiger charge is -2.31. The molecule has 0 fully saturated rings. The van der Waals surface area contributed by atoms with E-state index in [1.54, 1.807) is 6.20 Å². The number of carbonyl (C=O) groups excluding carboxylic acids is 1. The number of nitrogens with zero attached hydrogens (tertiary/aromatic N) is 3. The van der Waals surface area contributed by atoms with E-state index in [9.17, 15) is 4.79 Å². The average molecular weight is 416 g/mol. The Bertz CT molecular complexity index is 1010. The first kappa shape index (κ1) is 21.0. The molecule has 1 aromatic carbocycles. The van der Waals surface area contributed by atoms with Gasteiger partial charge in [-0.15, -0.1) is 0 Å². The first-order chi connectivity index (χ1) is 15.2. The third kappa shape index (κ3) is 5.47. The SMILES string of the molecule is CN(CC(=O)Nc1ccccc1NCCc1ccccn1)C1CCCc2cccnc21. The molecule has 0 bridgehead atoms. The van der Waals surface area contributed by atoms with Gasteiger partial charge >= 0.3 is 0 Å². The van der Waals surface area contributed by atoms with Gasteiger partial charge in [-0.3, -0.25) is 19.7 Å². The fourth-order valence-electron chi connectivity index (χ4n) is 4.16. The number of hydrogen-bond acceptors (Lipinski definition) is 5. The zero-order valence-corrected chi connectivity index (χ0v) is 17.9. The molecule has 1 aliphatic carbocycles. The van der Waals surface area contributed by atoms with E-state index in [1.165, 1.54) is 5.56 Å². The lowest BCUT2D eigenvalue weighted by atomic mass is 9.91. The number of rotatable bonds is 8. The van der Waals surface area contributed by atoms with Crippen LogP contribution in [-0.4, -0.2) is 40.9 Å². The highest BCUT2D eigenvalue weighted by Crippen LogP contribution is 2.31. The smallest absolute Gasteiger partial charge is 0.238 e. The van der Waals surface area contributed by atoms with E-state index in [0.29, 0.717) is 6.54 Å². The van der Waals surface area contributed by atoms with Crippen molar-refractivity contribution in [1.82, 2.24) is 14.9 Å². The third-order valence-corrected chi connectivity index (χ3v) is 5.71. The summed E-state index contributed by atoms with van der Waals surface area (Å²) in [6.07, 6.45) is 7.69. The first-order valence-electron chi connectivity index (χ1n) is 10.9. The molecular weight excluding hydrogens is 386 g/mol. The van der Waals surface area contributed by atoms with Crippen LogP contribution in [0.5, 0.6) is 0 Å². The van der Waals surface area contributed by atoms with Crippen LogP contribution >= 0.6 is 0 Å². The van der Waals surface area contributed by atoms with Crippen LogP contribution in [-0.2, 0) is 17.6 Å². The average Bonchev–Trinajstić information content (AvgIpc) is 2.80. The predicted octanol–water partition coefficient (Wildman–Crippen LogP) is 4.08. The largest absolute Gasteiger partial charge is 0.383 e. The second-order valence-electron chi connectivity index (χ2n) is 7.96. The normalized spacial score (nSPS) is 15.4. The Morgan fingerprint density at radius 2 is 1.84 bits per heavy atom. The van der Waals surface area contributed by atoms with Gasteiger partial charge in [0, 0.05) is 31.1 Å². The quantitative estimate of drug-likeness (QED) is 0.580. The van der Waals surface area contributed by atoms with Gasteiger partial charge in [0.25, 0.3) is 0 Å². The van der Waals surface area contributed by atoms with Crippen LogP contribution < -0.4 is 10.6 Å². The molecule has 31 heavy (non-hydrogen) atoms. The molecule has 2 N–H and O–H groups in total. The first-order valence-corrected chi connectivity index (χ1v) is 10.9. The fourth-order valence-corrected chi connectivity index (χ4v) is 4.16. The van der Waals surface area contributed by atoms with Crippen LogP contribution in [0.15, 0.2) is 67.0 Å². The molecule has 6 heteroatoms. The number of amides is 1. The number of fused-ring (bicyclic) bond motifs is 1. The summed E-state index contributed by atoms with van der Waals surface area (Å²) in [4.78, 5) is 23.9. The fraction of sp³-hybridized carbons (Fsp3) is 0.320. The number of para-hydroxylation sites is 2. The summed E-state index contributed by atoms with van der Waals surface area (Å²) in [5.74, 6) is -0.0236. The van der Waals surface area contributed by atoms with Gasteiger partial charge in [0.15, 0.2) is 0 Å². The monoisotopic (exact) mass is 415 g/mol.